The summed E-state index contributed by atoms with van der Waals surface area (Å²) < 4.78 is 0. The third-order valence-electron chi connectivity index (χ3n) is 1.93. The van der Waals surface area contributed by atoms with Crippen LogP contribution in [0.4, 0.5) is 5.69 Å². The summed E-state index contributed by atoms with van der Waals surface area (Å²) in [6, 6.07) is 5.68. The first kappa shape index (κ1) is 10.4. The van der Waals surface area contributed by atoms with Gasteiger partial charge in [-0.2, -0.15) is 5.26 Å². The van der Waals surface area contributed by atoms with Crippen LogP contribution in [0.1, 0.15) is 25.0 Å². The molecular formula is C11H14N2O. The quantitative estimate of drug-likeness (QED) is 0.704. The number of nitrogens with one attached hydrogen (secondary N) is 1. The van der Waals surface area contributed by atoms with Gasteiger partial charge in [0.05, 0.1) is 11.3 Å². The number of hydrogen-bond acceptors (Lipinski definition) is 3. The van der Waals surface area contributed by atoms with Gasteiger partial charge in [-0.1, -0.05) is 6.07 Å². The van der Waals surface area contributed by atoms with Gasteiger partial charge in [0.15, 0.2) is 0 Å². The van der Waals surface area contributed by atoms with Gasteiger partial charge >= 0.3 is 0 Å². The largest absolute Gasteiger partial charge is 0.505 e. The SMILES string of the molecule is Cc1ccc(C#N)c(NC(C)C)c1O. The molecule has 0 atom stereocenters. The van der Waals surface area contributed by atoms with Crippen molar-refractivity contribution in [1.82, 2.24) is 0 Å². The summed E-state index contributed by atoms with van der Waals surface area (Å²) in [5.41, 5.74) is 1.77. The van der Waals surface area contributed by atoms with Gasteiger partial charge in [-0.15, -0.1) is 0 Å². The summed E-state index contributed by atoms with van der Waals surface area (Å²) in [5.74, 6) is 0.165. The Morgan fingerprint density at radius 2 is 2.07 bits per heavy atom. The first-order chi connectivity index (χ1) is 6.56. The topological polar surface area (TPSA) is 56.0 Å². The number of anilines is 1. The monoisotopic (exact) mass is 190 g/mol. The molecule has 3 nitrogen and oxygen atoms in total. The predicted octanol–water partition coefficient (Wildman–Crippen LogP) is 2.39. The van der Waals surface area contributed by atoms with Crippen LogP contribution in [0.3, 0.4) is 0 Å². The van der Waals surface area contributed by atoms with Crippen LogP contribution in [0.25, 0.3) is 0 Å². The van der Waals surface area contributed by atoms with E-state index in [1.165, 1.54) is 0 Å². The van der Waals surface area contributed by atoms with Crippen LogP contribution in [-0.4, -0.2) is 11.1 Å². The molecule has 0 heterocycles. The molecule has 0 spiro atoms. The third kappa shape index (κ3) is 1.97. The molecule has 0 aliphatic heterocycles. The summed E-state index contributed by atoms with van der Waals surface area (Å²) in [6.45, 7) is 5.73. The Hall–Kier alpha value is -1.69. The number of hydrogen-bond donors (Lipinski definition) is 2. The molecule has 0 saturated carbocycles. The molecule has 0 unspecified atom stereocenters. The maximum Gasteiger partial charge on any atom is 0.142 e. The molecule has 74 valence electrons. The average molecular weight is 190 g/mol. The number of rotatable bonds is 2. The van der Waals surface area contributed by atoms with E-state index in [1.807, 2.05) is 26.8 Å². The van der Waals surface area contributed by atoms with E-state index in [1.54, 1.807) is 12.1 Å². The molecule has 0 aromatic heterocycles. The minimum absolute atomic E-state index is 0.165. The van der Waals surface area contributed by atoms with Crippen molar-refractivity contribution in [3.8, 4) is 11.8 Å². The highest BCUT2D eigenvalue weighted by atomic mass is 16.3. The Kier molecular flexibility index (Phi) is 2.98. The number of nitriles is 1. The van der Waals surface area contributed by atoms with Crippen LogP contribution >= 0.6 is 0 Å². The molecule has 0 fully saturated rings. The zero-order chi connectivity index (χ0) is 10.7. The minimum Gasteiger partial charge on any atom is -0.505 e. The standard InChI is InChI=1S/C11H14N2O/c1-7(2)13-10-9(6-12)5-4-8(3)11(10)14/h4-5,7,13-14H,1-3H3. The first-order valence-corrected chi connectivity index (χ1v) is 4.55. The van der Waals surface area contributed by atoms with Gasteiger partial charge in [-0.05, 0) is 32.4 Å². The van der Waals surface area contributed by atoms with E-state index in [0.717, 1.165) is 5.56 Å². The van der Waals surface area contributed by atoms with Gasteiger partial charge < -0.3 is 10.4 Å². The van der Waals surface area contributed by atoms with E-state index < -0.39 is 0 Å². The zero-order valence-corrected chi connectivity index (χ0v) is 8.63. The lowest BCUT2D eigenvalue weighted by Crippen LogP contribution is -2.11. The summed E-state index contributed by atoms with van der Waals surface area (Å²) in [6.07, 6.45) is 0. The van der Waals surface area contributed by atoms with Gasteiger partial charge in [0, 0.05) is 6.04 Å². The molecule has 14 heavy (non-hydrogen) atoms. The molecule has 0 amide bonds. The molecule has 0 aliphatic rings. The lowest BCUT2D eigenvalue weighted by atomic mass is 10.1. The molecule has 0 bridgehead atoms. The molecule has 0 radical (unpaired) electrons. The van der Waals surface area contributed by atoms with E-state index in [-0.39, 0.29) is 11.8 Å². The smallest absolute Gasteiger partial charge is 0.142 e. The normalized spacial score (nSPS) is 9.93. The van der Waals surface area contributed by atoms with Gasteiger partial charge in [-0.3, -0.25) is 0 Å². The van der Waals surface area contributed by atoms with E-state index in [0.29, 0.717) is 11.3 Å². The zero-order valence-electron chi connectivity index (χ0n) is 8.63. The van der Waals surface area contributed by atoms with Crippen LogP contribution in [0.15, 0.2) is 12.1 Å². The number of benzene rings is 1. The number of phenolic OH excluding ortho intramolecular Hbond substituents is 1. The van der Waals surface area contributed by atoms with Gasteiger partial charge in [-0.25, -0.2) is 0 Å². The molecule has 2 N–H and O–H groups in total. The Labute approximate surface area is 84.0 Å². The lowest BCUT2D eigenvalue weighted by molar-refractivity contribution is 0.472. The maximum atomic E-state index is 9.74. The Balaban J connectivity index is 3.23. The van der Waals surface area contributed by atoms with Gasteiger partial charge in [0.2, 0.25) is 0 Å². The average Bonchev–Trinajstić information content (AvgIpc) is 2.13. The highest BCUT2D eigenvalue weighted by Crippen LogP contribution is 2.30. The fraction of sp³-hybridized carbons (Fsp3) is 0.364. The van der Waals surface area contributed by atoms with Crippen molar-refractivity contribution in [2.75, 3.05) is 5.32 Å². The van der Waals surface area contributed by atoms with Crippen molar-refractivity contribution in [2.24, 2.45) is 0 Å². The molecule has 0 saturated heterocycles. The highest BCUT2D eigenvalue weighted by molar-refractivity contribution is 5.68. The van der Waals surface area contributed by atoms with E-state index >= 15 is 0 Å². The van der Waals surface area contributed by atoms with Crippen LogP contribution in [0.2, 0.25) is 0 Å². The number of nitrogens with zero attached hydrogens (tertiary/aromatic N) is 1. The van der Waals surface area contributed by atoms with Crippen molar-refractivity contribution in [3.63, 3.8) is 0 Å². The summed E-state index contributed by atoms with van der Waals surface area (Å²) in [7, 11) is 0. The van der Waals surface area contributed by atoms with Crippen molar-refractivity contribution < 1.29 is 5.11 Å². The lowest BCUT2D eigenvalue weighted by Gasteiger charge is -2.14. The minimum atomic E-state index is 0.165. The van der Waals surface area contributed by atoms with E-state index in [4.69, 9.17) is 5.26 Å². The summed E-state index contributed by atoms with van der Waals surface area (Å²) >= 11 is 0. The molecule has 1 aromatic rings. The second-order valence-electron chi connectivity index (χ2n) is 3.56. The molecule has 1 rings (SSSR count). The second kappa shape index (κ2) is 4.01. The fourth-order valence-corrected chi connectivity index (χ4v) is 1.22. The maximum absolute atomic E-state index is 9.74. The predicted molar refractivity (Wildman–Crippen MR) is 56.3 cm³/mol. The van der Waals surface area contributed by atoms with Gasteiger partial charge in [0.1, 0.15) is 11.8 Å². The van der Waals surface area contributed by atoms with Crippen LogP contribution in [-0.2, 0) is 0 Å². The van der Waals surface area contributed by atoms with Crippen molar-refractivity contribution in [1.29, 1.82) is 5.26 Å². The van der Waals surface area contributed by atoms with Crippen molar-refractivity contribution in [3.05, 3.63) is 23.3 Å². The Morgan fingerprint density at radius 1 is 1.43 bits per heavy atom. The van der Waals surface area contributed by atoms with Gasteiger partial charge in [0.25, 0.3) is 0 Å². The Morgan fingerprint density at radius 3 is 2.57 bits per heavy atom. The van der Waals surface area contributed by atoms with E-state index in [2.05, 4.69) is 5.32 Å². The number of aromatic hydroxyl groups is 1. The molecule has 1 aromatic carbocycles. The van der Waals surface area contributed by atoms with Crippen LogP contribution < -0.4 is 5.32 Å². The Bertz CT molecular complexity index is 378. The van der Waals surface area contributed by atoms with Crippen LogP contribution in [0.5, 0.6) is 5.75 Å². The van der Waals surface area contributed by atoms with Crippen molar-refractivity contribution >= 4 is 5.69 Å². The third-order valence-corrected chi connectivity index (χ3v) is 1.93. The summed E-state index contributed by atoms with van der Waals surface area (Å²) in [4.78, 5) is 0. The van der Waals surface area contributed by atoms with Crippen LogP contribution in [0, 0.1) is 18.3 Å². The fourth-order valence-electron chi connectivity index (χ4n) is 1.22. The molecule has 3 heteroatoms. The number of aryl methyl sites for hydroxylation is 1. The molecular weight excluding hydrogens is 176 g/mol. The first-order valence-electron chi connectivity index (χ1n) is 4.55. The number of phenols is 1. The highest BCUT2D eigenvalue weighted by Gasteiger charge is 2.10. The molecule has 0 aliphatic carbocycles. The van der Waals surface area contributed by atoms with Crippen molar-refractivity contribution in [2.45, 2.75) is 26.8 Å². The summed E-state index contributed by atoms with van der Waals surface area (Å²) in [5, 5.41) is 21.7. The second-order valence-corrected chi connectivity index (χ2v) is 3.56. The van der Waals surface area contributed by atoms with E-state index in [9.17, 15) is 5.11 Å².